The molecule has 0 bridgehead atoms. The summed E-state index contributed by atoms with van der Waals surface area (Å²) in [4.78, 5) is 14.1. The van der Waals surface area contributed by atoms with Crippen molar-refractivity contribution < 1.29 is 4.79 Å². The molecule has 0 saturated carbocycles. The summed E-state index contributed by atoms with van der Waals surface area (Å²) in [5.41, 5.74) is 4.46. The smallest absolute Gasteiger partial charge is 0.275 e. The van der Waals surface area contributed by atoms with Crippen LogP contribution in [0.2, 0.25) is 5.02 Å². The highest BCUT2D eigenvalue weighted by molar-refractivity contribution is 6.34. The van der Waals surface area contributed by atoms with Crippen LogP contribution in [-0.2, 0) is 13.5 Å². The number of carbonyl (C=O) groups excluding carboxylic acids is 1. The van der Waals surface area contributed by atoms with E-state index in [9.17, 15) is 4.79 Å². The van der Waals surface area contributed by atoms with E-state index in [4.69, 9.17) is 11.6 Å². The summed E-state index contributed by atoms with van der Waals surface area (Å²) in [6.07, 6.45) is 1.76. The first-order chi connectivity index (χ1) is 10.3. The molecule has 7 heteroatoms. The third-order valence-corrected chi connectivity index (χ3v) is 4.46. The van der Waals surface area contributed by atoms with Crippen molar-refractivity contribution in [1.29, 1.82) is 0 Å². The van der Waals surface area contributed by atoms with Crippen LogP contribution in [0, 0.1) is 20.8 Å². The van der Waals surface area contributed by atoms with Crippen LogP contribution in [0.3, 0.4) is 0 Å². The first kappa shape index (κ1) is 16.5. The average molecular weight is 324 g/mol. The van der Waals surface area contributed by atoms with Gasteiger partial charge in [-0.1, -0.05) is 11.6 Å². The zero-order valence-electron chi connectivity index (χ0n) is 13.7. The lowest BCUT2D eigenvalue weighted by Gasteiger charge is -2.16. The van der Waals surface area contributed by atoms with Gasteiger partial charge in [0.05, 0.1) is 16.4 Å². The summed E-state index contributed by atoms with van der Waals surface area (Å²) in [5.74, 6) is -0.144. The molecule has 0 aromatic carbocycles. The van der Waals surface area contributed by atoms with Gasteiger partial charge in [-0.3, -0.25) is 14.6 Å². The molecule has 0 spiro atoms. The van der Waals surface area contributed by atoms with Crippen molar-refractivity contribution in [2.24, 2.45) is 7.05 Å². The lowest BCUT2D eigenvalue weighted by atomic mass is 10.1. The summed E-state index contributed by atoms with van der Waals surface area (Å²) in [6.45, 7) is 6.50. The second kappa shape index (κ2) is 6.52. The number of aromatic nitrogens is 4. The molecule has 0 aliphatic carbocycles. The summed E-state index contributed by atoms with van der Waals surface area (Å²) < 4.78 is 1.63. The molecular weight excluding hydrogens is 302 g/mol. The third kappa shape index (κ3) is 3.16. The van der Waals surface area contributed by atoms with Crippen LogP contribution in [0.15, 0.2) is 0 Å². The number of aryl methyl sites for hydroxylation is 3. The Bertz CT molecular complexity index is 669. The normalized spacial score (nSPS) is 11.0. The van der Waals surface area contributed by atoms with Gasteiger partial charge >= 0.3 is 0 Å². The lowest BCUT2D eigenvalue weighted by molar-refractivity contribution is 0.0787. The highest BCUT2D eigenvalue weighted by atomic mass is 35.5. The minimum atomic E-state index is -0.144. The molecule has 1 N–H and O–H groups in total. The van der Waals surface area contributed by atoms with Crippen LogP contribution in [0.4, 0.5) is 0 Å². The number of amides is 1. The molecule has 6 nitrogen and oxygen atoms in total. The summed E-state index contributed by atoms with van der Waals surface area (Å²) >= 11 is 6.17. The maximum atomic E-state index is 12.4. The molecule has 2 aromatic heterocycles. The lowest BCUT2D eigenvalue weighted by Crippen LogP contribution is -2.28. The second-order valence-electron chi connectivity index (χ2n) is 5.61. The Kier molecular flexibility index (Phi) is 4.90. The molecule has 0 fully saturated rings. The fourth-order valence-corrected chi connectivity index (χ4v) is 2.68. The van der Waals surface area contributed by atoms with Gasteiger partial charge in [0.15, 0.2) is 5.69 Å². The molecule has 2 heterocycles. The number of aromatic amines is 1. The van der Waals surface area contributed by atoms with Gasteiger partial charge in [-0.2, -0.15) is 10.2 Å². The van der Waals surface area contributed by atoms with Gasteiger partial charge in [0.25, 0.3) is 5.91 Å². The van der Waals surface area contributed by atoms with E-state index in [0.29, 0.717) is 17.3 Å². The Morgan fingerprint density at radius 1 is 1.36 bits per heavy atom. The topological polar surface area (TPSA) is 66.8 Å². The van der Waals surface area contributed by atoms with E-state index in [1.165, 1.54) is 5.56 Å². The molecule has 2 aromatic rings. The minimum absolute atomic E-state index is 0.144. The van der Waals surface area contributed by atoms with E-state index in [2.05, 4.69) is 15.3 Å². The van der Waals surface area contributed by atoms with Gasteiger partial charge in [-0.05, 0) is 39.2 Å². The van der Waals surface area contributed by atoms with Crippen molar-refractivity contribution in [3.63, 3.8) is 0 Å². The van der Waals surface area contributed by atoms with Crippen molar-refractivity contribution >= 4 is 17.5 Å². The number of nitrogens with zero attached hydrogens (tertiary/aromatic N) is 4. The van der Waals surface area contributed by atoms with E-state index in [0.717, 1.165) is 29.9 Å². The van der Waals surface area contributed by atoms with E-state index in [-0.39, 0.29) is 5.91 Å². The number of H-pyrrole nitrogens is 1. The summed E-state index contributed by atoms with van der Waals surface area (Å²) in [7, 11) is 3.56. The molecule has 0 radical (unpaired) electrons. The Hall–Kier alpha value is -1.82. The SMILES string of the molecule is Cc1n[nH]c(C)c1CCCN(C)C(=O)c1nn(C)c(C)c1Cl. The Morgan fingerprint density at radius 3 is 2.55 bits per heavy atom. The van der Waals surface area contributed by atoms with E-state index in [1.54, 1.807) is 23.7 Å². The molecule has 2 rings (SSSR count). The van der Waals surface area contributed by atoms with Crippen LogP contribution in [0.5, 0.6) is 0 Å². The standard InChI is InChI=1S/C15H22ClN5O/c1-9-12(10(2)18-17-9)7-6-8-20(4)15(22)14-13(16)11(3)21(5)19-14/h6-8H2,1-5H3,(H,17,18). The number of carbonyl (C=O) groups is 1. The van der Waals surface area contributed by atoms with Crippen LogP contribution in [-0.4, -0.2) is 44.4 Å². The maximum absolute atomic E-state index is 12.4. The van der Waals surface area contributed by atoms with E-state index >= 15 is 0 Å². The number of nitrogens with one attached hydrogen (secondary N) is 1. The van der Waals surface area contributed by atoms with Crippen LogP contribution < -0.4 is 0 Å². The molecule has 0 unspecified atom stereocenters. The zero-order chi connectivity index (χ0) is 16.4. The molecule has 22 heavy (non-hydrogen) atoms. The maximum Gasteiger partial charge on any atom is 0.275 e. The fraction of sp³-hybridized carbons (Fsp3) is 0.533. The second-order valence-corrected chi connectivity index (χ2v) is 5.99. The van der Waals surface area contributed by atoms with Crippen molar-refractivity contribution in [3.8, 4) is 0 Å². The third-order valence-electron chi connectivity index (χ3n) is 4.01. The predicted molar refractivity (Wildman–Crippen MR) is 86.3 cm³/mol. The Balaban J connectivity index is 1.96. The fourth-order valence-electron chi connectivity index (χ4n) is 2.44. The quantitative estimate of drug-likeness (QED) is 0.919. The molecule has 0 aliphatic heterocycles. The number of rotatable bonds is 5. The van der Waals surface area contributed by atoms with Crippen molar-refractivity contribution in [2.45, 2.75) is 33.6 Å². The molecule has 0 saturated heterocycles. The molecule has 1 amide bonds. The van der Waals surface area contributed by atoms with Gasteiger partial charge in [0.1, 0.15) is 0 Å². The molecule has 120 valence electrons. The number of hydrogen-bond acceptors (Lipinski definition) is 3. The van der Waals surface area contributed by atoms with Gasteiger partial charge in [0.2, 0.25) is 0 Å². The Morgan fingerprint density at radius 2 is 2.05 bits per heavy atom. The van der Waals surface area contributed by atoms with Gasteiger partial charge in [-0.25, -0.2) is 0 Å². The largest absolute Gasteiger partial charge is 0.340 e. The van der Waals surface area contributed by atoms with Crippen LogP contribution >= 0.6 is 11.6 Å². The molecular formula is C15H22ClN5O. The van der Waals surface area contributed by atoms with Gasteiger partial charge in [0, 0.05) is 26.3 Å². The monoisotopic (exact) mass is 323 g/mol. The summed E-state index contributed by atoms with van der Waals surface area (Å²) in [5, 5.41) is 11.8. The van der Waals surface area contributed by atoms with E-state index < -0.39 is 0 Å². The molecule has 0 atom stereocenters. The first-order valence-corrected chi connectivity index (χ1v) is 7.65. The van der Waals surface area contributed by atoms with Crippen molar-refractivity contribution in [3.05, 3.63) is 33.4 Å². The Labute approximate surface area is 135 Å². The zero-order valence-corrected chi connectivity index (χ0v) is 14.5. The van der Waals surface area contributed by atoms with Gasteiger partial charge in [-0.15, -0.1) is 0 Å². The predicted octanol–water partition coefficient (Wildman–Crippen LogP) is 2.43. The van der Waals surface area contributed by atoms with Crippen molar-refractivity contribution in [1.82, 2.24) is 24.9 Å². The van der Waals surface area contributed by atoms with Crippen molar-refractivity contribution in [2.75, 3.05) is 13.6 Å². The average Bonchev–Trinajstić information content (AvgIpc) is 2.93. The number of halogens is 1. The first-order valence-electron chi connectivity index (χ1n) is 7.28. The highest BCUT2D eigenvalue weighted by Gasteiger charge is 2.21. The summed E-state index contributed by atoms with van der Waals surface area (Å²) in [6, 6.07) is 0. The minimum Gasteiger partial charge on any atom is -0.340 e. The van der Waals surface area contributed by atoms with Crippen LogP contribution in [0.25, 0.3) is 0 Å². The number of hydrogen-bond donors (Lipinski definition) is 1. The van der Waals surface area contributed by atoms with Crippen LogP contribution in [0.1, 0.15) is 39.6 Å². The highest BCUT2D eigenvalue weighted by Crippen LogP contribution is 2.20. The molecule has 0 aliphatic rings. The van der Waals surface area contributed by atoms with E-state index in [1.807, 2.05) is 20.8 Å². The van der Waals surface area contributed by atoms with Gasteiger partial charge < -0.3 is 4.90 Å².